The SMILES string of the molecule is CCOC1CC(N)(CN(C)C2CCCC(C)C2)C1(C)C. The Morgan fingerprint density at radius 3 is 2.55 bits per heavy atom. The van der Waals surface area contributed by atoms with Crippen molar-refractivity contribution in [2.24, 2.45) is 17.1 Å². The summed E-state index contributed by atoms with van der Waals surface area (Å²) in [4.78, 5) is 2.53. The molecular formula is C17H34N2O. The molecule has 2 aliphatic rings. The van der Waals surface area contributed by atoms with Crippen molar-refractivity contribution in [1.82, 2.24) is 4.90 Å². The van der Waals surface area contributed by atoms with Gasteiger partial charge in [-0.3, -0.25) is 0 Å². The standard InChI is InChI=1S/C17H34N2O/c1-6-20-15-11-17(18,16(15,3)4)12-19(5)14-9-7-8-13(2)10-14/h13-15H,6-12,18H2,1-5H3. The molecule has 4 atom stereocenters. The van der Waals surface area contributed by atoms with Crippen molar-refractivity contribution in [3.8, 4) is 0 Å². The van der Waals surface area contributed by atoms with E-state index in [-0.39, 0.29) is 11.0 Å². The lowest BCUT2D eigenvalue weighted by molar-refractivity contribution is -0.157. The molecule has 2 fully saturated rings. The highest BCUT2D eigenvalue weighted by Crippen LogP contribution is 2.50. The molecule has 4 unspecified atom stereocenters. The summed E-state index contributed by atoms with van der Waals surface area (Å²) in [5, 5.41) is 0. The maximum absolute atomic E-state index is 6.72. The van der Waals surface area contributed by atoms with Crippen LogP contribution in [0.4, 0.5) is 0 Å². The van der Waals surface area contributed by atoms with Gasteiger partial charge in [-0.1, -0.05) is 33.6 Å². The summed E-state index contributed by atoms with van der Waals surface area (Å²) in [6.45, 7) is 10.8. The van der Waals surface area contributed by atoms with Crippen LogP contribution in [-0.4, -0.2) is 42.8 Å². The van der Waals surface area contributed by atoms with Crippen molar-refractivity contribution in [3.05, 3.63) is 0 Å². The van der Waals surface area contributed by atoms with Crippen molar-refractivity contribution in [2.45, 2.75) is 77.5 Å². The molecule has 118 valence electrons. The normalized spacial score (nSPS) is 40.6. The number of rotatable bonds is 5. The van der Waals surface area contributed by atoms with Crippen LogP contribution in [0.5, 0.6) is 0 Å². The summed E-state index contributed by atoms with van der Waals surface area (Å²) < 4.78 is 5.83. The maximum atomic E-state index is 6.72. The third-order valence-electron chi connectivity index (χ3n) is 6.07. The van der Waals surface area contributed by atoms with Gasteiger partial charge < -0.3 is 15.4 Å². The Labute approximate surface area is 125 Å². The number of hydrogen-bond acceptors (Lipinski definition) is 3. The molecule has 0 amide bonds. The average molecular weight is 282 g/mol. The topological polar surface area (TPSA) is 38.5 Å². The van der Waals surface area contributed by atoms with Crippen molar-refractivity contribution >= 4 is 0 Å². The van der Waals surface area contributed by atoms with Crippen molar-refractivity contribution in [2.75, 3.05) is 20.2 Å². The smallest absolute Gasteiger partial charge is 0.0662 e. The van der Waals surface area contributed by atoms with E-state index in [2.05, 4.69) is 39.6 Å². The first kappa shape index (κ1) is 16.3. The number of nitrogens with zero attached hydrogens (tertiary/aromatic N) is 1. The number of ether oxygens (including phenoxy) is 1. The van der Waals surface area contributed by atoms with E-state index in [1.807, 2.05) is 0 Å². The summed E-state index contributed by atoms with van der Waals surface area (Å²) in [6, 6.07) is 0.723. The van der Waals surface area contributed by atoms with Gasteiger partial charge in [0, 0.05) is 30.1 Å². The summed E-state index contributed by atoms with van der Waals surface area (Å²) >= 11 is 0. The second-order valence-electron chi connectivity index (χ2n) is 7.87. The predicted octanol–water partition coefficient (Wildman–Crippen LogP) is 3.03. The van der Waals surface area contributed by atoms with Gasteiger partial charge in [0.2, 0.25) is 0 Å². The van der Waals surface area contributed by atoms with E-state index >= 15 is 0 Å². The molecule has 0 aliphatic heterocycles. The molecule has 0 aromatic heterocycles. The third-order valence-corrected chi connectivity index (χ3v) is 6.07. The highest BCUT2D eigenvalue weighted by molar-refractivity contribution is 5.14. The zero-order valence-electron chi connectivity index (χ0n) is 14.1. The minimum atomic E-state index is -0.0950. The molecule has 2 rings (SSSR count). The summed E-state index contributed by atoms with van der Waals surface area (Å²) in [5.41, 5.74) is 6.71. The first-order chi connectivity index (χ1) is 9.30. The lowest BCUT2D eigenvalue weighted by atomic mass is 9.54. The molecule has 2 saturated carbocycles. The second kappa shape index (κ2) is 5.94. The third kappa shape index (κ3) is 2.90. The van der Waals surface area contributed by atoms with E-state index in [0.29, 0.717) is 6.10 Å². The quantitative estimate of drug-likeness (QED) is 0.842. The van der Waals surface area contributed by atoms with Crippen LogP contribution in [0.25, 0.3) is 0 Å². The molecule has 0 bridgehead atoms. The van der Waals surface area contributed by atoms with Crippen LogP contribution in [0.1, 0.15) is 59.8 Å². The van der Waals surface area contributed by atoms with Crippen molar-refractivity contribution in [3.63, 3.8) is 0 Å². The van der Waals surface area contributed by atoms with Crippen molar-refractivity contribution < 1.29 is 4.74 Å². The zero-order chi connectivity index (χ0) is 15.0. The first-order valence-corrected chi connectivity index (χ1v) is 8.41. The van der Waals surface area contributed by atoms with Gasteiger partial charge in [-0.2, -0.15) is 0 Å². The van der Waals surface area contributed by atoms with E-state index in [1.54, 1.807) is 0 Å². The molecule has 2 aliphatic carbocycles. The predicted molar refractivity (Wildman–Crippen MR) is 84.8 cm³/mol. The Morgan fingerprint density at radius 2 is 2.00 bits per heavy atom. The van der Waals surface area contributed by atoms with Gasteiger partial charge >= 0.3 is 0 Å². The van der Waals surface area contributed by atoms with Gasteiger partial charge in [-0.05, 0) is 39.2 Å². The Bertz CT molecular complexity index is 331. The molecule has 0 saturated heterocycles. The van der Waals surface area contributed by atoms with Crippen LogP contribution in [0.2, 0.25) is 0 Å². The molecule has 3 nitrogen and oxygen atoms in total. The first-order valence-electron chi connectivity index (χ1n) is 8.41. The number of likely N-dealkylation sites (N-methyl/N-ethyl adjacent to an activating group) is 1. The van der Waals surface area contributed by atoms with Gasteiger partial charge in [0.05, 0.1) is 6.10 Å². The van der Waals surface area contributed by atoms with Crippen LogP contribution in [0, 0.1) is 11.3 Å². The number of nitrogens with two attached hydrogens (primary N) is 1. The fourth-order valence-electron chi connectivity index (χ4n) is 4.15. The van der Waals surface area contributed by atoms with Crippen LogP contribution < -0.4 is 5.73 Å². The summed E-state index contributed by atoms with van der Waals surface area (Å²) in [6.07, 6.45) is 6.78. The van der Waals surface area contributed by atoms with Gasteiger partial charge in [0.25, 0.3) is 0 Å². The molecule has 0 spiro atoms. The van der Waals surface area contributed by atoms with Crippen molar-refractivity contribution in [1.29, 1.82) is 0 Å². The van der Waals surface area contributed by atoms with Gasteiger partial charge in [-0.25, -0.2) is 0 Å². The summed E-state index contributed by atoms with van der Waals surface area (Å²) in [7, 11) is 2.27. The molecule has 3 heteroatoms. The lowest BCUT2D eigenvalue weighted by Gasteiger charge is -2.60. The van der Waals surface area contributed by atoms with E-state index < -0.39 is 0 Å². The maximum Gasteiger partial charge on any atom is 0.0662 e. The van der Waals surface area contributed by atoms with Gasteiger partial charge in [0.1, 0.15) is 0 Å². The Kier molecular flexibility index (Phi) is 4.83. The van der Waals surface area contributed by atoms with E-state index in [9.17, 15) is 0 Å². The van der Waals surface area contributed by atoms with Crippen LogP contribution in [0.3, 0.4) is 0 Å². The van der Waals surface area contributed by atoms with Gasteiger partial charge in [-0.15, -0.1) is 0 Å². The Morgan fingerprint density at radius 1 is 1.30 bits per heavy atom. The molecule has 0 aromatic carbocycles. The minimum Gasteiger partial charge on any atom is -0.378 e. The van der Waals surface area contributed by atoms with E-state index in [0.717, 1.165) is 31.5 Å². The molecule has 2 N–H and O–H groups in total. The largest absolute Gasteiger partial charge is 0.378 e. The minimum absolute atomic E-state index is 0.0809. The molecule has 20 heavy (non-hydrogen) atoms. The van der Waals surface area contributed by atoms with E-state index in [4.69, 9.17) is 10.5 Å². The van der Waals surface area contributed by atoms with Crippen LogP contribution in [0.15, 0.2) is 0 Å². The van der Waals surface area contributed by atoms with Crippen LogP contribution in [-0.2, 0) is 4.74 Å². The molecular weight excluding hydrogens is 248 g/mol. The Balaban J connectivity index is 1.92. The molecule has 0 heterocycles. The highest BCUT2D eigenvalue weighted by Gasteiger charge is 2.58. The Hall–Kier alpha value is -0.120. The monoisotopic (exact) mass is 282 g/mol. The average Bonchev–Trinajstić information content (AvgIpc) is 2.38. The van der Waals surface area contributed by atoms with E-state index in [1.165, 1.54) is 25.7 Å². The molecule has 0 radical (unpaired) electrons. The van der Waals surface area contributed by atoms with Gasteiger partial charge in [0.15, 0.2) is 0 Å². The second-order valence-corrected chi connectivity index (χ2v) is 7.87. The zero-order valence-corrected chi connectivity index (χ0v) is 14.1. The van der Waals surface area contributed by atoms with Crippen LogP contribution >= 0.6 is 0 Å². The highest BCUT2D eigenvalue weighted by atomic mass is 16.5. The summed E-state index contributed by atoms with van der Waals surface area (Å²) in [5.74, 6) is 0.871. The fraction of sp³-hybridized carbons (Fsp3) is 1.00. The lowest BCUT2D eigenvalue weighted by Crippen LogP contribution is -2.73. The molecule has 0 aromatic rings. The number of hydrogen-bond donors (Lipinski definition) is 1. The fourth-order valence-corrected chi connectivity index (χ4v) is 4.15.